The number of alkyl halides is 1. The molecule has 2 atom stereocenters. The Morgan fingerprint density at radius 3 is 2.46 bits per heavy atom. The molecule has 1 aromatic carbocycles. The summed E-state index contributed by atoms with van der Waals surface area (Å²) in [5.74, 6) is 0.225. The van der Waals surface area contributed by atoms with Crippen molar-refractivity contribution in [3.63, 3.8) is 0 Å². The second-order valence-electron chi connectivity index (χ2n) is 2.34. The van der Waals surface area contributed by atoms with Crippen molar-refractivity contribution < 1.29 is 8.39 Å². The molecule has 0 saturated carbocycles. The molecule has 0 aliphatic rings. The normalized spacial score (nSPS) is 15.2. The molecule has 0 saturated heterocycles. The van der Waals surface area contributed by atoms with Gasteiger partial charge in [0, 0.05) is 10.7 Å². The predicted molar refractivity (Wildman–Crippen MR) is 55.0 cm³/mol. The van der Waals surface area contributed by atoms with E-state index in [1.807, 2.05) is 30.3 Å². The van der Waals surface area contributed by atoms with Crippen molar-refractivity contribution in [1.29, 1.82) is 0 Å². The number of benzene rings is 1. The number of rotatable bonds is 4. The third-order valence-corrected chi connectivity index (χ3v) is 2.39. The molecule has 0 spiro atoms. The summed E-state index contributed by atoms with van der Waals surface area (Å²) in [6.45, 7) is 0. The van der Waals surface area contributed by atoms with Crippen molar-refractivity contribution in [3.8, 4) is 0 Å². The molecule has 2 nitrogen and oxygen atoms in total. The second-order valence-corrected chi connectivity index (χ2v) is 3.99. The molecule has 72 valence electrons. The largest absolute Gasteiger partial charge is 0.269 e. The van der Waals surface area contributed by atoms with Gasteiger partial charge in [-0.3, -0.25) is 4.18 Å². The van der Waals surface area contributed by atoms with Crippen LogP contribution in [0.4, 0.5) is 0 Å². The van der Waals surface area contributed by atoms with Crippen molar-refractivity contribution in [2.24, 2.45) is 0 Å². The van der Waals surface area contributed by atoms with E-state index in [1.54, 1.807) is 0 Å². The Labute approximate surface area is 89.0 Å². The summed E-state index contributed by atoms with van der Waals surface area (Å²) in [5, 5.41) is 0. The van der Waals surface area contributed by atoms with Crippen molar-refractivity contribution >= 4 is 32.6 Å². The minimum atomic E-state index is -1.81. The van der Waals surface area contributed by atoms with Gasteiger partial charge in [0.15, 0.2) is 0 Å². The summed E-state index contributed by atoms with van der Waals surface area (Å²) in [6.07, 6.45) is -0.416. The SMILES string of the molecule is O=S(Cl)OC(CCl)c1ccccc1. The van der Waals surface area contributed by atoms with Crippen LogP contribution in [0.2, 0.25) is 0 Å². The highest BCUT2D eigenvalue weighted by Crippen LogP contribution is 2.20. The molecule has 1 aromatic rings. The zero-order chi connectivity index (χ0) is 9.68. The average molecular weight is 239 g/mol. The van der Waals surface area contributed by atoms with E-state index in [1.165, 1.54) is 0 Å². The Balaban J connectivity index is 2.73. The fourth-order valence-electron chi connectivity index (χ4n) is 0.929. The molecule has 0 aromatic heterocycles. The fourth-order valence-corrected chi connectivity index (χ4v) is 1.87. The van der Waals surface area contributed by atoms with Crippen molar-refractivity contribution in [3.05, 3.63) is 35.9 Å². The Morgan fingerprint density at radius 1 is 1.38 bits per heavy atom. The second kappa shape index (κ2) is 5.60. The van der Waals surface area contributed by atoms with Crippen LogP contribution in [0.1, 0.15) is 11.7 Å². The fraction of sp³-hybridized carbons (Fsp3) is 0.250. The highest BCUT2D eigenvalue weighted by molar-refractivity contribution is 8.04. The summed E-state index contributed by atoms with van der Waals surface area (Å²) < 4.78 is 15.5. The third kappa shape index (κ3) is 3.65. The molecular formula is C8H8Cl2O2S. The Morgan fingerprint density at radius 2 is 2.00 bits per heavy atom. The van der Waals surface area contributed by atoms with E-state index in [0.29, 0.717) is 0 Å². The minimum Gasteiger partial charge on any atom is -0.269 e. The monoisotopic (exact) mass is 238 g/mol. The van der Waals surface area contributed by atoms with Crippen LogP contribution in [-0.2, 0) is 14.5 Å². The van der Waals surface area contributed by atoms with Crippen LogP contribution < -0.4 is 0 Å². The summed E-state index contributed by atoms with van der Waals surface area (Å²) in [6, 6.07) is 9.28. The van der Waals surface area contributed by atoms with E-state index in [4.69, 9.17) is 26.5 Å². The van der Waals surface area contributed by atoms with Gasteiger partial charge in [0.25, 0.3) is 10.3 Å². The van der Waals surface area contributed by atoms with Crippen LogP contribution in [0.3, 0.4) is 0 Å². The summed E-state index contributed by atoms with van der Waals surface area (Å²) in [5.41, 5.74) is 0.867. The minimum absolute atomic E-state index is 0.225. The average Bonchev–Trinajstić information content (AvgIpc) is 2.15. The molecule has 1 rings (SSSR count). The standard InChI is InChI=1S/C8H8Cl2O2S/c9-6-8(12-13(10)11)7-4-2-1-3-5-7/h1-5,8H,6H2. The maximum Gasteiger partial charge on any atom is 0.256 e. The van der Waals surface area contributed by atoms with Crippen LogP contribution >= 0.6 is 22.3 Å². The van der Waals surface area contributed by atoms with Crippen molar-refractivity contribution in [2.45, 2.75) is 6.10 Å². The topological polar surface area (TPSA) is 26.3 Å². The molecule has 0 bridgehead atoms. The van der Waals surface area contributed by atoms with Crippen molar-refractivity contribution in [1.82, 2.24) is 0 Å². The van der Waals surface area contributed by atoms with Crippen LogP contribution in [0.15, 0.2) is 30.3 Å². The molecular weight excluding hydrogens is 231 g/mol. The van der Waals surface area contributed by atoms with Gasteiger partial charge in [-0.2, -0.15) is 0 Å². The van der Waals surface area contributed by atoms with E-state index >= 15 is 0 Å². The highest BCUT2D eigenvalue weighted by atomic mass is 35.7. The van der Waals surface area contributed by atoms with Crippen molar-refractivity contribution in [2.75, 3.05) is 5.88 Å². The Kier molecular flexibility index (Phi) is 4.73. The van der Waals surface area contributed by atoms with Gasteiger partial charge >= 0.3 is 0 Å². The molecule has 0 aliphatic carbocycles. The van der Waals surface area contributed by atoms with Crippen LogP contribution in [-0.4, -0.2) is 10.1 Å². The first-order valence-electron chi connectivity index (χ1n) is 3.60. The lowest BCUT2D eigenvalue weighted by Gasteiger charge is -2.11. The first-order chi connectivity index (χ1) is 6.24. The summed E-state index contributed by atoms with van der Waals surface area (Å²) >= 11 is 5.63. The van der Waals surface area contributed by atoms with E-state index in [-0.39, 0.29) is 5.88 Å². The first-order valence-corrected chi connectivity index (χ1v) is 6.03. The Hall–Kier alpha value is -0.0900. The molecule has 0 heterocycles. The highest BCUT2D eigenvalue weighted by Gasteiger charge is 2.12. The molecule has 0 amide bonds. The molecule has 13 heavy (non-hydrogen) atoms. The molecule has 0 N–H and O–H groups in total. The molecule has 5 heteroatoms. The van der Waals surface area contributed by atoms with Gasteiger partial charge in [-0.05, 0) is 5.56 Å². The van der Waals surface area contributed by atoms with Gasteiger partial charge in [-0.1, -0.05) is 30.3 Å². The smallest absolute Gasteiger partial charge is 0.256 e. The predicted octanol–water partition coefficient (Wildman–Crippen LogP) is 2.80. The molecule has 2 unspecified atom stereocenters. The van der Waals surface area contributed by atoms with E-state index in [9.17, 15) is 4.21 Å². The molecule has 0 fully saturated rings. The maximum atomic E-state index is 10.6. The zero-order valence-electron chi connectivity index (χ0n) is 6.65. The lowest BCUT2D eigenvalue weighted by Crippen LogP contribution is -2.05. The van der Waals surface area contributed by atoms with Crippen LogP contribution in [0, 0.1) is 0 Å². The molecule has 0 aliphatic heterocycles. The number of halogens is 2. The lowest BCUT2D eigenvalue weighted by molar-refractivity contribution is 0.263. The van der Waals surface area contributed by atoms with Gasteiger partial charge in [0.1, 0.15) is 6.10 Å². The zero-order valence-corrected chi connectivity index (χ0v) is 8.98. The third-order valence-electron chi connectivity index (χ3n) is 1.50. The Bertz CT molecular complexity index is 279. The quantitative estimate of drug-likeness (QED) is 0.596. The van der Waals surface area contributed by atoms with Gasteiger partial charge in [-0.25, -0.2) is 4.21 Å². The van der Waals surface area contributed by atoms with Gasteiger partial charge in [-0.15, -0.1) is 11.6 Å². The van der Waals surface area contributed by atoms with Gasteiger partial charge in [0.2, 0.25) is 0 Å². The van der Waals surface area contributed by atoms with Gasteiger partial charge in [0.05, 0.1) is 5.88 Å². The summed E-state index contributed by atoms with van der Waals surface area (Å²) in [4.78, 5) is 0. The van der Waals surface area contributed by atoms with E-state index < -0.39 is 16.4 Å². The first kappa shape index (κ1) is 11.0. The van der Waals surface area contributed by atoms with Crippen LogP contribution in [0.5, 0.6) is 0 Å². The lowest BCUT2D eigenvalue weighted by atomic mass is 10.1. The number of hydrogen-bond acceptors (Lipinski definition) is 2. The van der Waals surface area contributed by atoms with Crippen LogP contribution in [0.25, 0.3) is 0 Å². The number of hydrogen-bond donors (Lipinski definition) is 0. The summed E-state index contributed by atoms with van der Waals surface area (Å²) in [7, 11) is 3.38. The van der Waals surface area contributed by atoms with E-state index in [2.05, 4.69) is 0 Å². The molecule has 0 radical (unpaired) electrons. The van der Waals surface area contributed by atoms with E-state index in [0.717, 1.165) is 5.56 Å². The van der Waals surface area contributed by atoms with Gasteiger partial charge < -0.3 is 0 Å². The maximum absolute atomic E-state index is 10.6.